The van der Waals surface area contributed by atoms with E-state index in [2.05, 4.69) is 29.6 Å². The molecule has 3 rings (SSSR count). The molecule has 0 radical (unpaired) electrons. The van der Waals surface area contributed by atoms with Crippen LogP contribution in [0.3, 0.4) is 0 Å². The van der Waals surface area contributed by atoms with E-state index in [0.717, 1.165) is 24.2 Å². The van der Waals surface area contributed by atoms with E-state index in [1.807, 2.05) is 19.1 Å². The summed E-state index contributed by atoms with van der Waals surface area (Å²) >= 11 is 0. The third kappa shape index (κ3) is 2.04. The highest BCUT2D eigenvalue weighted by Gasteiger charge is 2.40. The van der Waals surface area contributed by atoms with E-state index in [9.17, 15) is 0 Å². The van der Waals surface area contributed by atoms with E-state index in [1.165, 1.54) is 18.5 Å². The zero-order chi connectivity index (χ0) is 11.7. The second-order valence-electron chi connectivity index (χ2n) is 4.95. The molecule has 3 atom stereocenters. The lowest BCUT2D eigenvalue weighted by Gasteiger charge is -2.41. The molecule has 2 nitrogen and oxygen atoms in total. The van der Waals surface area contributed by atoms with Crippen molar-refractivity contribution in [2.75, 3.05) is 11.9 Å². The summed E-state index contributed by atoms with van der Waals surface area (Å²) in [5.41, 5.74) is 1.18. The summed E-state index contributed by atoms with van der Waals surface area (Å²) < 4.78 is 5.51. The van der Waals surface area contributed by atoms with Gasteiger partial charge in [-0.3, -0.25) is 0 Å². The van der Waals surface area contributed by atoms with E-state index in [4.69, 9.17) is 4.74 Å². The molecule has 2 aliphatic carbocycles. The van der Waals surface area contributed by atoms with Crippen molar-refractivity contribution in [3.05, 3.63) is 36.4 Å². The predicted octanol–water partition coefficient (Wildman–Crippen LogP) is 3.46. The fourth-order valence-corrected chi connectivity index (χ4v) is 2.94. The molecule has 0 aliphatic heterocycles. The van der Waals surface area contributed by atoms with Gasteiger partial charge in [-0.05, 0) is 37.8 Å². The largest absolute Gasteiger partial charge is 0.494 e. The van der Waals surface area contributed by atoms with Crippen molar-refractivity contribution in [3.8, 4) is 5.75 Å². The Morgan fingerprint density at radius 1 is 1.41 bits per heavy atom. The van der Waals surface area contributed by atoms with Crippen molar-refractivity contribution < 1.29 is 4.74 Å². The molecule has 0 bridgehead atoms. The molecule has 1 aromatic carbocycles. The molecule has 0 amide bonds. The third-order valence-electron chi connectivity index (χ3n) is 3.86. The third-order valence-corrected chi connectivity index (χ3v) is 3.86. The molecule has 2 aliphatic rings. The molecule has 0 spiro atoms. The van der Waals surface area contributed by atoms with Crippen molar-refractivity contribution >= 4 is 5.69 Å². The summed E-state index contributed by atoms with van der Waals surface area (Å²) in [5.74, 6) is 2.61. The highest BCUT2D eigenvalue weighted by atomic mass is 16.5. The van der Waals surface area contributed by atoms with Gasteiger partial charge in [-0.25, -0.2) is 0 Å². The molecule has 0 saturated heterocycles. The van der Waals surface area contributed by atoms with Crippen LogP contribution in [0.2, 0.25) is 0 Å². The number of rotatable bonds is 4. The first-order chi connectivity index (χ1) is 8.36. The van der Waals surface area contributed by atoms with Crippen LogP contribution in [0, 0.1) is 11.8 Å². The Kier molecular flexibility index (Phi) is 2.79. The number of anilines is 1. The molecular weight excluding hydrogens is 210 g/mol. The Bertz CT molecular complexity index is 427. The molecule has 1 aromatic rings. The molecular formula is C15H19NO. The van der Waals surface area contributed by atoms with E-state index >= 15 is 0 Å². The Morgan fingerprint density at radius 2 is 2.35 bits per heavy atom. The second kappa shape index (κ2) is 4.44. The van der Waals surface area contributed by atoms with Gasteiger partial charge in [0.25, 0.3) is 0 Å². The monoisotopic (exact) mass is 229 g/mol. The van der Waals surface area contributed by atoms with Crippen molar-refractivity contribution in [1.82, 2.24) is 0 Å². The van der Waals surface area contributed by atoms with Crippen molar-refractivity contribution in [2.45, 2.75) is 25.8 Å². The Balaban J connectivity index is 1.65. The summed E-state index contributed by atoms with van der Waals surface area (Å²) in [7, 11) is 0. The van der Waals surface area contributed by atoms with Gasteiger partial charge >= 0.3 is 0 Å². The Morgan fingerprint density at radius 3 is 3.18 bits per heavy atom. The van der Waals surface area contributed by atoms with E-state index in [1.54, 1.807) is 0 Å². The van der Waals surface area contributed by atoms with Crippen LogP contribution in [0.4, 0.5) is 5.69 Å². The first-order valence-corrected chi connectivity index (χ1v) is 6.53. The lowest BCUT2D eigenvalue weighted by atomic mass is 9.71. The first-order valence-electron chi connectivity index (χ1n) is 6.53. The van der Waals surface area contributed by atoms with Crippen LogP contribution in [0.5, 0.6) is 5.75 Å². The quantitative estimate of drug-likeness (QED) is 0.798. The van der Waals surface area contributed by atoms with Crippen LogP contribution < -0.4 is 10.1 Å². The van der Waals surface area contributed by atoms with Gasteiger partial charge in [0, 0.05) is 23.7 Å². The summed E-state index contributed by atoms with van der Waals surface area (Å²) in [5, 5.41) is 3.62. The standard InChI is InChI=1S/C15H19NO/c1-2-17-13-7-4-6-12(10-13)16-15-9-11-5-3-8-14(11)15/h3-4,6-8,10-11,14-16H,2,5,9H2,1H3. The Hall–Kier alpha value is -1.44. The lowest BCUT2D eigenvalue weighted by Crippen LogP contribution is -2.43. The van der Waals surface area contributed by atoms with Crippen LogP contribution in [-0.4, -0.2) is 12.6 Å². The van der Waals surface area contributed by atoms with E-state index in [0.29, 0.717) is 6.04 Å². The number of hydrogen-bond donors (Lipinski definition) is 1. The van der Waals surface area contributed by atoms with Crippen molar-refractivity contribution in [1.29, 1.82) is 0 Å². The molecule has 1 fully saturated rings. The average Bonchev–Trinajstić information content (AvgIpc) is 2.69. The normalized spacial score (nSPS) is 29.6. The number of benzene rings is 1. The maximum atomic E-state index is 5.51. The molecule has 17 heavy (non-hydrogen) atoms. The van der Waals surface area contributed by atoms with Gasteiger partial charge in [-0.15, -0.1) is 0 Å². The molecule has 90 valence electrons. The fourth-order valence-electron chi connectivity index (χ4n) is 2.94. The van der Waals surface area contributed by atoms with Crippen LogP contribution in [0.15, 0.2) is 36.4 Å². The van der Waals surface area contributed by atoms with E-state index in [-0.39, 0.29) is 0 Å². The predicted molar refractivity (Wildman–Crippen MR) is 70.4 cm³/mol. The minimum absolute atomic E-state index is 0.621. The minimum Gasteiger partial charge on any atom is -0.494 e. The van der Waals surface area contributed by atoms with Gasteiger partial charge in [0.1, 0.15) is 5.75 Å². The molecule has 1 saturated carbocycles. The topological polar surface area (TPSA) is 21.3 Å². The summed E-state index contributed by atoms with van der Waals surface area (Å²) in [6, 6.07) is 8.89. The zero-order valence-electron chi connectivity index (χ0n) is 10.2. The smallest absolute Gasteiger partial charge is 0.121 e. The maximum absolute atomic E-state index is 5.51. The van der Waals surface area contributed by atoms with Gasteiger partial charge in [0.2, 0.25) is 0 Å². The zero-order valence-corrected chi connectivity index (χ0v) is 10.2. The maximum Gasteiger partial charge on any atom is 0.121 e. The van der Waals surface area contributed by atoms with Crippen LogP contribution >= 0.6 is 0 Å². The summed E-state index contributed by atoms with van der Waals surface area (Å²) in [4.78, 5) is 0. The van der Waals surface area contributed by atoms with Gasteiger partial charge in [0.15, 0.2) is 0 Å². The molecule has 0 aromatic heterocycles. The van der Waals surface area contributed by atoms with E-state index < -0.39 is 0 Å². The van der Waals surface area contributed by atoms with Crippen LogP contribution in [0.1, 0.15) is 19.8 Å². The second-order valence-corrected chi connectivity index (χ2v) is 4.95. The van der Waals surface area contributed by atoms with Gasteiger partial charge < -0.3 is 10.1 Å². The van der Waals surface area contributed by atoms with Crippen LogP contribution in [-0.2, 0) is 0 Å². The number of allylic oxidation sites excluding steroid dienone is 1. The lowest BCUT2D eigenvalue weighted by molar-refractivity contribution is 0.218. The SMILES string of the molecule is CCOc1cccc(NC2CC3CC=CC32)c1. The fraction of sp³-hybridized carbons (Fsp3) is 0.467. The van der Waals surface area contributed by atoms with Gasteiger partial charge in [0.05, 0.1) is 6.61 Å². The summed E-state index contributed by atoms with van der Waals surface area (Å²) in [6.45, 7) is 2.74. The average molecular weight is 229 g/mol. The molecule has 1 N–H and O–H groups in total. The molecule has 2 heteroatoms. The van der Waals surface area contributed by atoms with Gasteiger partial charge in [-0.1, -0.05) is 18.2 Å². The van der Waals surface area contributed by atoms with Gasteiger partial charge in [-0.2, -0.15) is 0 Å². The number of hydrogen-bond acceptors (Lipinski definition) is 2. The highest BCUT2D eigenvalue weighted by molar-refractivity contribution is 5.49. The summed E-state index contributed by atoms with van der Waals surface area (Å²) in [6.07, 6.45) is 7.28. The molecule has 3 unspecified atom stereocenters. The highest BCUT2D eigenvalue weighted by Crippen LogP contribution is 2.44. The first kappa shape index (κ1) is 10.7. The number of ether oxygens (including phenoxy) is 1. The van der Waals surface area contributed by atoms with Crippen molar-refractivity contribution in [2.24, 2.45) is 11.8 Å². The minimum atomic E-state index is 0.621. The number of fused-ring (bicyclic) bond motifs is 1. The van der Waals surface area contributed by atoms with Crippen LogP contribution in [0.25, 0.3) is 0 Å². The Labute approximate surface area is 103 Å². The molecule has 0 heterocycles. The number of nitrogens with one attached hydrogen (secondary N) is 1. The van der Waals surface area contributed by atoms with Crippen molar-refractivity contribution in [3.63, 3.8) is 0 Å².